The maximum absolute atomic E-state index is 13.6. The summed E-state index contributed by atoms with van der Waals surface area (Å²) in [5.74, 6) is -2.28. The molecule has 0 amide bonds. The second kappa shape index (κ2) is 5.48. The lowest BCUT2D eigenvalue weighted by molar-refractivity contribution is -0.140. The third kappa shape index (κ3) is 2.50. The fourth-order valence-corrected chi connectivity index (χ4v) is 4.48. The minimum Gasteiger partial charge on any atom is -0.480 e. The quantitative estimate of drug-likeness (QED) is 0.856. The Kier molecular flexibility index (Phi) is 4.24. The average Bonchev–Trinajstić information content (AvgIpc) is 2.85. The number of nitrogens with zero attached hydrogens (tertiary/aromatic N) is 1. The van der Waals surface area contributed by atoms with Crippen molar-refractivity contribution in [3.8, 4) is 0 Å². The molecule has 1 atom stereocenters. The normalized spacial score (nSPS) is 20.2. The molecule has 1 aromatic rings. The average molecular weight is 342 g/mol. The molecule has 2 rings (SSSR count). The van der Waals surface area contributed by atoms with Gasteiger partial charge in [-0.3, -0.25) is 4.79 Å². The maximum Gasteiger partial charge on any atom is 0.322 e. The Morgan fingerprint density at radius 3 is 2.65 bits per heavy atom. The number of hydrogen-bond donors (Lipinski definition) is 1. The minimum atomic E-state index is -4.18. The molecule has 1 fully saturated rings. The number of benzene rings is 1. The number of aliphatic carboxylic acids is 1. The molecule has 0 aliphatic carbocycles. The largest absolute Gasteiger partial charge is 0.480 e. The van der Waals surface area contributed by atoms with Gasteiger partial charge in [0.15, 0.2) is 5.82 Å². The molecule has 0 aromatic heterocycles. The highest BCUT2D eigenvalue weighted by Crippen LogP contribution is 2.34. The van der Waals surface area contributed by atoms with Gasteiger partial charge in [-0.2, -0.15) is 4.31 Å². The van der Waals surface area contributed by atoms with Crippen LogP contribution in [0.3, 0.4) is 0 Å². The van der Waals surface area contributed by atoms with E-state index < -0.39 is 37.8 Å². The summed E-state index contributed by atoms with van der Waals surface area (Å²) in [5, 5.41) is 8.10. The van der Waals surface area contributed by atoms with Crippen LogP contribution in [-0.4, -0.2) is 36.4 Å². The van der Waals surface area contributed by atoms with Gasteiger partial charge in [-0.25, -0.2) is 12.8 Å². The van der Waals surface area contributed by atoms with E-state index in [1.807, 2.05) is 0 Å². The Balaban J connectivity index is 2.51. The number of rotatable bonds is 3. The first kappa shape index (κ1) is 15.5. The molecule has 0 bridgehead atoms. The second-order valence-electron chi connectivity index (χ2n) is 4.29. The lowest BCUT2D eigenvalue weighted by Crippen LogP contribution is -2.40. The van der Waals surface area contributed by atoms with E-state index in [-0.39, 0.29) is 18.0 Å². The van der Waals surface area contributed by atoms with Crippen LogP contribution in [0.2, 0.25) is 10.0 Å². The van der Waals surface area contributed by atoms with Crippen molar-refractivity contribution in [1.29, 1.82) is 0 Å². The lowest BCUT2D eigenvalue weighted by Gasteiger charge is -2.21. The molecule has 20 heavy (non-hydrogen) atoms. The van der Waals surface area contributed by atoms with Crippen molar-refractivity contribution >= 4 is 39.2 Å². The molecular weight excluding hydrogens is 332 g/mol. The van der Waals surface area contributed by atoms with E-state index in [9.17, 15) is 17.6 Å². The molecule has 0 saturated carbocycles. The molecular formula is C11H10Cl2FNO4S. The number of halogens is 3. The van der Waals surface area contributed by atoms with E-state index in [1.165, 1.54) is 0 Å². The number of hydrogen-bond acceptors (Lipinski definition) is 3. The Bertz CT molecular complexity index is 665. The lowest BCUT2D eigenvalue weighted by atomic mass is 10.2. The Labute approximate surface area is 124 Å². The van der Waals surface area contributed by atoms with E-state index in [0.29, 0.717) is 6.42 Å². The summed E-state index contributed by atoms with van der Waals surface area (Å²) in [7, 11) is -4.18. The van der Waals surface area contributed by atoms with E-state index in [4.69, 9.17) is 28.3 Å². The standard InChI is InChI=1S/C11H10Cl2FNO4S/c12-6-3-4-8(9(13)10(6)14)20(18,19)15-5-1-2-7(15)11(16)17/h3-4,7H,1-2,5H2,(H,16,17)/t7-/m1/s1. The van der Waals surface area contributed by atoms with Crippen LogP contribution in [0.5, 0.6) is 0 Å². The van der Waals surface area contributed by atoms with Gasteiger partial charge in [0, 0.05) is 6.54 Å². The molecule has 0 spiro atoms. The van der Waals surface area contributed by atoms with Crippen LogP contribution in [0.15, 0.2) is 17.0 Å². The van der Waals surface area contributed by atoms with Gasteiger partial charge in [0.25, 0.3) is 0 Å². The van der Waals surface area contributed by atoms with E-state index in [1.54, 1.807) is 0 Å². The third-order valence-electron chi connectivity index (χ3n) is 3.08. The van der Waals surface area contributed by atoms with Crippen molar-refractivity contribution in [2.24, 2.45) is 0 Å². The molecule has 0 radical (unpaired) electrons. The first-order valence-electron chi connectivity index (χ1n) is 5.65. The van der Waals surface area contributed by atoms with Crippen molar-refractivity contribution in [2.75, 3.05) is 6.54 Å². The van der Waals surface area contributed by atoms with Gasteiger partial charge in [-0.15, -0.1) is 0 Å². The van der Waals surface area contributed by atoms with E-state index in [0.717, 1.165) is 16.4 Å². The SMILES string of the molecule is O=C(O)[C@H]1CCCN1S(=O)(=O)c1ccc(Cl)c(F)c1Cl. The van der Waals surface area contributed by atoms with Gasteiger partial charge in [0.1, 0.15) is 10.9 Å². The van der Waals surface area contributed by atoms with Crippen LogP contribution in [-0.2, 0) is 14.8 Å². The van der Waals surface area contributed by atoms with Crippen LogP contribution in [0.1, 0.15) is 12.8 Å². The highest BCUT2D eigenvalue weighted by molar-refractivity contribution is 7.89. The smallest absolute Gasteiger partial charge is 0.322 e. The monoisotopic (exact) mass is 341 g/mol. The summed E-state index contributed by atoms with van der Waals surface area (Å²) >= 11 is 11.2. The van der Waals surface area contributed by atoms with Crippen LogP contribution < -0.4 is 0 Å². The molecule has 0 unspecified atom stereocenters. The first-order chi connectivity index (χ1) is 9.26. The van der Waals surface area contributed by atoms with Crippen molar-refractivity contribution in [1.82, 2.24) is 4.31 Å². The predicted octanol–water partition coefficient (Wildman–Crippen LogP) is 2.37. The van der Waals surface area contributed by atoms with Gasteiger partial charge in [-0.05, 0) is 25.0 Å². The summed E-state index contributed by atoms with van der Waals surface area (Å²) in [4.78, 5) is 10.6. The van der Waals surface area contributed by atoms with Crippen LogP contribution >= 0.6 is 23.2 Å². The minimum absolute atomic E-state index is 0.0554. The van der Waals surface area contributed by atoms with Crippen molar-refractivity contribution in [2.45, 2.75) is 23.8 Å². The van der Waals surface area contributed by atoms with Crippen LogP contribution in [0.25, 0.3) is 0 Å². The van der Waals surface area contributed by atoms with Crippen LogP contribution in [0, 0.1) is 5.82 Å². The fourth-order valence-electron chi connectivity index (χ4n) is 2.11. The zero-order valence-electron chi connectivity index (χ0n) is 10.0. The van der Waals surface area contributed by atoms with Crippen molar-refractivity contribution < 1.29 is 22.7 Å². The fraction of sp³-hybridized carbons (Fsp3) is 0.364. The number of carbonyl (C=O) groups is 1. The number of carboxylic acids is 1. The molecule has 1 aliphatic rings. The summed E-state index contributed by atoms with van der Waals surface area (Å²) in [5.41, 5.74) is 0. The Morgan fingerprint density at radius 1 is 1.40 bits per heavy atom. The molecule has 110 valence electrons. The molecule has 1 aromatic carbocycles. The third-order valence-corrected chi connectivity index (χ3v) is 5.80. The second-order valence-corrected chi connectivity index (χ2v) is 6.93. The number of sulfonamides is 1. The molecule has 1 N–H and O–H groups in total. The molecule has 5 nitrogen and oxygen atoms in total. The van der Waals surface area contributed by atoms with Gasteiger partial charge >= 0.3 is 5.97 Å². The first-order valence-corrected chi connectivity index (χ1v) is 7.84. The molecule has 1 aliphatic heterocycles. The van der Waals surface area contributed by atoms with Gasteiger partial charge in [0.05, 0.1) is 10.0 Å². The number of carboxylic acid groups (broad SMARTS) is 1. The predicted molar refractivity (Wildman–Crippen MR) is 71.0 cm³/mol. The van der Waals surface area contributed by atoms with Gasteiger partial charge in [-0.1, -0.05) is 23.2 Å². The maximum atomic E-state index is 13.6. The Morgan fingerprint density at radius 2 is 2.05 bits per heavy atom. The summed E-state index contributed by atoms with van der Waals surface area (Å²) in [6.07, 6.45) is 0.631. The van der Waals surface area contributed by atoms with E-state index >= 15 is 0 Å². The van der Waals surface area contributed by atoms with Gasteiger partial charge in [0.2, 0.25) is 10.0 Å². The van der Waals surface area contributed by atoms with Crippen LogP contribution in [0.4, 0.5) is 4.39 Å². The zero-order chi connectivity index (χ0) is 15.1. The Hall–Kier alpha value is -0.890. The van der Waals surface area contributed by atoms with Gasteiger partial charge < -0.3 is 5.11 Å². The zero-order valence-corrected chi connectivity index (χ0v) is 12.3. The molecule has 1 heterocycles. The summed E-state index contributed by atoms with van der Waals surface area (Å²) in [6, 6.07) is 0.983. The van der Waals surface area contributed by atoms with Crippen molar-refractivity contribution in [3.63, 3.8) is 0 Å². The highest BCUT2D eigenvalue weighted by atomic mass is 35.5. The summed E-state index contributed by atoms with van der Waals surface area (Å²) in [6.45, 7) is 0.0554. The summed E-state index contributed by atoms with van der Waals surface area (Å²) < 4.78 is 39.2. The van der Waals surface area contributed by atoms with Crippen molar-refractivity contribution in [3.05, 3.63) is 28.0 Å². The topological polar surface area (TPSA) is 74.7 Å². The highest BCUT2D eigenvalue weighted by Gasteiger charge is 2.40. The molecule has 1 saturated heterocycles. The molecule has 9 heteroatoms. The van der Waals surface area contributed by atoms with E-state index in [2.05, 4.69) is 0 Å².